The Bertz CT molecular complexity index is 708. The van der Waals surface area contributed by atoms with Crippen LogP contribution < -0.4 is 16.4 Å². The number of nitrogens with two attached hydrogens (primary N) is 1. The summed E-state index contributed by atoms with van der Waals surface area (Å²) in [5.74, 6) is -3.08. The fraction of sp³-hybridized carbons (Fsp3) is 0.562. The van der Waals surface area contributed by atoms with Crippen molar-refractivity contribution in [1.82, 2.24) is 25.5 Å². The smallest absolute Gasteiger partial charge is 0.328 e. The molecule has 3 atom stereocenters. The standard InChI is InChI=1S/C16H24N6O6/c17-5-13(24)22-3-1-2-12(22)15(26)20-10(4-9-6-18-8-19-9)14(25)21-11(7-23)16(27)28/h6,8,10-12,23H,1-5,7,17H2,(H,18,19)(H,20,26)(H,21,25)(H,27,28). The normalized spacial score (nSPS) is 18.4. The first-order valence-electron chi connectivity index (χ1n) is 8.78. The molecule has 1 aromatic rings. The van der Waals surface area contributed by atoms with Crippen LogP contribution in [-0.2, 0) is 25.6 Å². The van der Waals surface area contributed by atoms with E-state index in [4.69, 9.17) is 15.9 Å². The highest BCUT2D eigenvalue weighted by Gasteiger charge is 2.36. The summed E-state index contributed by atoms with van der Waals surface area (Å²) in [6.45, 7) is -0.622. The van der Waals surface area contributed by atoms with Crippen LogP contribution in [0.15, 0.2) is 12.5 Å². The van der Waals surface area contributed by atoms with Gasteiger partial charge >= 0.3 is 5.97 Å². The number of hydrogen-bond donors (Lipinski definition) is 6. The summed E-state index contributed by atoms with van der Waals surface area (Å²) < 4.78 is 0. The molecule has 12 nitrogen and oxygen atoms in total. The van der Waals surface area contributed by atoms with Crippen molar-refractivity contribution in [2.45, 2.75) is 37.4 Å². The molecule has 3 amide bonds. The van der Waals surface area contributed by atoms with E-state index in [1.54, 1.807) is 0 Å². The molecule has 0 aromatic carbocycles. The molecular formula is C16H24N6O6. The van der Waals surface area contributed by atoms with E-state index in [1.165, 1.54) is 17.4 Å². The van der Waals surface area contributed by atoms with Crippen molar-refractivity contribution in [3.8, 4) is 0 Å². The Kier molecular flexibility index (Phi) is 7.46. The van der Waals surface area contributed by atoms with Crippen molar-refractivity contribution < 1.29 is 29.4 Å². The molecule has 28 heavy (non-hydrogen) atoms. The fourth-order valence-electron chi connectivity index (χ4n) is 3.01. The van der Waals surface area contributed by atoms with Gasteiger partial charge in [-0.15, -0.1) is 0 Å². The Balaban J connectivity index is 2.12. The number of carboxylic acids is 1. The predicted molar refractivity (Wildman–Crippen MR) is 94.7 cm³/mol. The van der Waals surface area contributed by atoms with Crippen LogP contribution in [0.25, 0.3) is 0 Å². The van der Waals surface area contributed by atoms with Gasteiger partial charge in [0.1, 0.15) is 18.1 Å². The molecule has 2 heterocycles. The predicted octanol–water partition coefficient (Wildman–Crippen LogP) is -3.05. The second-order valence-electron chi connectivity index (χ2n) is 6.37. The van der Waals surface area contributed by atoms with Crippen LogP contribution in [-0.4, -0.2) is 86.6 Å². The molecule has 1 aliphatic rings. The second-order valence-corrected chi connectivity index (χ2v) is 6.37. The van der Waals surface area contributed by atoms with Gasteiger partial charge in [-0.2, -0.15) is 0 Å². The minimum Gasteiger partial charge on any atom is -0.480 e. The van der Waals surface area contributed by atoms with Crippen molar-refractivity contribution in [1.29, 1.82) is 0 Å². The number of rotatable bonds is 9. The van der Waals surface area contributed by atoms with Crippen LogP contribution in [0.4, 0.5) is 0 Å². The summed E-state index contributed by atoms with van der Waals surface area (Å²) in [5, 5.41) is 22.9. The molecule has 7 N–H and O–H groups in total. The lowest BCUT2D eigenvalue weighted by molar-refractivity contribution is -0.143. The van der Waals surface area contributed by atoms with Gasteiger partial charge in [-0.05, 0) is 12.8 Å². The van der Waals surface area contributed by atoms with E-state index in [9.17, 15) is 19.2 Å². The van der Waals surface area contributed by atoms with Crippen LogP contribution in [0.3, 0.4) is 0 Å². The zero-order valence-electron chi connectivity index (χ0n) is 15.1. The van der Waals surface area contributed by atoms with Crippen molar-refractivity contribution in [3.05, 3.63) is 18.2 Å². The van der Waals surface area contributed by atoms with E-state index in [-0.39, 0.29) is 18.9 Å². The van der Waals surface area contributed by atoms with Gasteiger partial charge in [0.15, 0.2) is 0 Å². The first-order valence-corrected chi connectivity index (χ1v) is 8.78. The summed E-state index contributed by atoms with van der Waals surface area (Å²) in [7, 11) is 0. The van der Waals surface area contributed by atoms with Gasteiger partial charge in [0.2, 0.25) is 17.7 Å². The number of nitrogens with one attached hydrogen (secondary N) is 3. The van der Waals surface area contributed by atoms with Gasteiger partial charge in [0.25, 0.3) is 0 Å². The summed E-state index contributed by atoms with van der Waals surface area (Å²) >= 11 is 0. The van der Waals surface area contributed by atoms with Crippen molar-refractivity contribution in [2.24, 2.45) is 5.73 Å². The topological polar surface area (TPSA) is 191 Å². The van der Waals surface area contributed by atoms with Crippen LogP contribution >= 0.6 is 0 Å². The lowest BCUT2D eigenvalue weighted by Gasteiger charge is -2.26. The minimum atomic E-state index is -1.50. The van der Waals surface area contributed by atoms with Gasteiger partial charge in [-0.25, -0.2) is 9.78 Å². The monoisotopic (exact) mass is 396 g/mol. The molecule has 154 valence electrons. The lowest BCUT2D eigenvalue weighted by atomic mass is 10.1. The van der Waals surface area contributed by atoms with E-state index < -0.39 is 42.5 Å². The molecule has 0 bridgehead atoms. The zero-order chi connectivity index (χ0) is 20.7. The number of H-pyrrole nitrogens is 1. The molecular weight excluding hydrogens is 372 g/mol. The maximum atomic E-state index is 12.7. The molecule has 1 aromatic heterocycles. The number of aromatic nitrogens is 2. The number of carbonyl (C=O) groups excluding carboxylic acids is 3. The SMILES string of the molecule is NCC(=O)N1CCCC1C(=O)NC(Cc1cnc[nH]1)C(=O)NC(CO)C(=O)O. The number of likely N-dealkylation sites (tertiary alicyclic amines) is 1. The van der Waals surface area contributed by atoms with Gasteiger partial charge in [0, 0.05) is 24.9 Å². The number of nitrogens with zero attached hydrogens (tertiary/aromatic N) is 2. The van der Waals surface area contributed by atoms with Crippen LogP contribution in [0.1, 0.15) is 18.5 Å². The molecule has 0 aliphatic carbocycles. The molecule has 1 aliphatic heterocycles. The molecule has 3 unspecified atom stereocenters. The Morgan fingerprint density at radius 1 is 1.32 bits per heavy atom. The number of amides is 3. The first kappa shape index (κ1) is 21.3. The maximum absolute atomic E-state index is 12.7. The summed E-state index contributed by atoms with van der Waals surface area (Å²) in [6.07, 6.45) is 3.95. The lowest BCUT2D eigenvalue weighted by Crippen LogP contribution is -2.56. The third-order valence-electron chi connectivity index (χ3n) is 4.46. The average Bonchev–Trinajstić information content (AvgIpc) is 3.36. The summed E-state index contributed by atoms with van der Waals surface area (Å²) in [4.78, 5) is 56.2. The number of aliphatic carboxylic acids is 1. The number of aliphatic hydroxyl groups excluding tert-OH is 1. The minimum absolute atomic E-state index is 0.0207. The number of hydrogen-bond acceptors (Lipinski definition) is 7. The van der Waals surface area contributed by atoms with E-state index in [2.05, 4.69) is 20.6 Å². The Labute approximate surface area is 160 Å². The van der Waals surface area contributed by atoms with Crippen LogP contribution in [0.5, 0.6) is 0 Å². The van der Waals surface area contributed by atoms with Crippen molar-refractivity contribution >= 4 is 23.7 Å². The van der Waals surface area contributed by atoms with Gasteiger partial charge < -0.3 is 36.5 Å². The largest absolute Gasteiger partial charge is 0.480 e. The highest BCUT2D eigenvalue weighted by molar-refractivity contribution is 5.94. The number of carboxylic acid groups (broad SMARTS) is 1. The summed E-state index contributed by atoms with van der Waals surface area (Å²) in [6, 6.07) is -3.38. The van der Waals surface area contributed by atoms with Gasteiger partial charge in [-0.3, -0.25) is 14.4 Å². The van der Waals surface area contributed by atoms with Crippen LogP contribution in [0, 0.1) is 0 Å². The molecule has 2 rings (SSSR count). The second kappa shape index (κ2) is 9.80. The number of carbonyl (C=O) groups is 4. The number of aliphatic hydroxyl groups is 1. The van der Waals surface area contributed by atoms with Crippen molar-refractivity contribution in [2.75, 3.05) is 19.7 Å². The molecule has 0 spiro atoms. The Hall–Kier alpha value is -2.99. The van der Waals surface area contributed by atoms with Gasteiger partial charge in [0.05, 0.1) is 19.5 Å². The zero-order valence-corrected chi connectivity index (χ0v) is 15.1. The van der Waals surface area contributed by atoms with E-state index >= 15 is 0 Å². The Morgan fingerprint density at radius 3 is 2.64 bits per heavy atom. The third-order valence-corrected chi connectivity index (χ3v) is 4.46. The third kappa shape index (κ3) is 5.27. The van der Waals surface area contributed by atoms with E-state index in [1.807, 2.05) is 0 Å². The fourth-order valence-corrected chi connectivity index (χ4v) is 3.01. The molecule has 1 saturated heterocycles. The molecule has 12 heteroatoms. The molecule has 0 radical (unpaired) electrons. The van der Waals surface area contributed by atoms with Crippen molar-refractivity contribution in [3.63, 3.8) is 0 Å². The molecule has 0 saturated carbocycles. The van der Waals surface area contributed by atoms with E-state index in [0.717, 1.165) is 0 Å². The molecule has 1 fully saturated rings. The highest BCUT2D eigenvalue weighted by atomic mass is 16.4. The van der Waals surface area contributed by atoms with E-state index in [0.29, 0.717) is 25.1 Å². The first-order chi connectivity index (χ1) is 13.4. The average molecular weight is 396 g/mol. The number of aromatic amines is 1. The highest BCUT2D eigenvalue weighted by Crippen LogP contribution is 2.17. The summed E-state index contributed by atoms with van der Waals surface area (Å²) in [5.41, 5.74) is 5.91. The Morgan fingerprint density at radius 2 is 2.07 bits per heavy atom. The quantitative estimate of drug-likeness (QED) is 0.253. The van der Waals surface area contributed by atoms with Crippen LogP contribution in [0.2, 0.25) is 0 Å². The maximum Gasteiger partial charge on any atom is 0.328 e. The van der Waals surface area contributed by atoms with Gasteiger partial charge in [-0.1, -0.05) is 0 Å². The number of imidazole rings is 1.